The van der Waals surface area contributed by atoms with Crippen LogP contribution in [0.2, 0.25) is 0 Å². The van der Waals surface area contributed by atoms with Gasteiger partial charge in [-0.05, 0) is 24.3 Å². The first-order valence-electron chi connectivity index (χ1n) is 7.33. The van der Waals surface area contributed by atoms with Crippen molar-refractivity contribution in [2.45, 2.75) is 11.7 Å². The predicted molar refractivity (Wildman–Crippen MR) is 93.7 cm³/mol. The molecule has 7 heteroatoms. The number of thioether (sulfide) groups is 1. The topological polar surface area (TPSA) is 73.0 Å². The van der Waals surface area contributed by atoms with Gasteiger partial charge >= 0.3 is 0 Å². The smallest absolute Gasteiger partial charge is 0.234 e. The summed E-state index contributed by atoms with van der Waals surface area (Å²) in [5.41, 5.74) is 0.770. The van der Waals surface area contributed by atoms with Gasteiger partial charge in [0.05, 0.1) is 12.0 Å². The molecule has 0 aliphatic rings. The number of carbonyl (C=O) groups is 1. The van der Waals surface area contributed by atoms with Crippen molar-refractivity contribution in [3.63, 3.8) is 0 Å². The molecule has 122 valence electrons. The van der Waals surface area contributed by atoms with Gasteiger partial charge in [-0.1, -0.05) is 36.0 Å². The second-order valence-electron chi connectivity index (χ2n) is 4.89. The molecule has 1 amide bonds. The van der Waals surface area contributed by atoms with Crippen molar-refractivity contribution in [2.24, 2.45) is 0 Å². The van der Waals surface area contributed by atoms with Crippen molar-refractivity contribution >= 4 is 23.4 Å². The van der Waals surface area contributed by atoms with E-state index in [1.165, 1.54) is 11.8 Å². The molecule has 0 aliphatic carbocycles. The third-order valence-electron chi connectivity index (χ3n) is 3.16. The number of benzene rings is 1. The van der Waals surface area contributed by atoms with Gasteiger partial charge in [0.25, 0.3) is 0 Å². The van der Waals surface area contributed by atoms with E-state index in [1.807, 2.05) is 41.0 Å². The van der Waals surface area contributed by atoms with Gasteiger partial charge in [0.15, 0.2) is 10.9 Å². The summed E-state index contributed by atoms with van der Waals surface area (Å²) < 4.78 is 7.25. The number of nitrogens with one attached hydrogen (secondary N) is 1. The molecular formula is C17H16N4O2S. The summed E-state index contributed by atoms with van der Waals surface area (Å²) in [6.07, 6.45) is 3.34. The van der Waals surface area contributed by atoms with Crippen LogP contribution in [0.4, 0.5) is 5.69 Å². The molecule has 1 aromatic carbocycles. The summed E-state index contributed by atoms with van der Waals surface area (Å²) >= 11 is 1.32. The number of aromatic nitrogens is 3. The average molecular weight is 340 g/mol. The molecule has 0 fully saturated rings. The summed E-state index contributed by atoms with van der Waals surface area (Å²) in [6.45, 7) is 4.29. The van der Waals surface area contributed by atoms with Crippen molar-refractivity contribution in [1.29, 1.82) is 0 Å². The fraction of sp³-hybridized carbons (Fsp3) is 0.118. The molecular weight excluding hydrogens is 324 g/mol. The number of hydrogen-bond acceptors (Lipinski definition) is 5. The maximum Gasteiger partial charge on any atom is 0.234 e. The molecule has 6 nitrogen and oxygen atoms in total. The lowest BCUT2D eigenvalue weighted by molar-refractivity contribution is -0.113. The van der Waals surface area contributed by atoms with Gasteiger partial charge in [0.2, 0.25) is 11.7 Å². The van der Waals surface area contributed by atoms with Crippen molar-refractivity contribution in [1.82, 2.24) is 14.8 Å². The molecule has 0 bridgehead atoms. The van der Waals surface area contributed by atoms with E-state index in [4.69, 9.17) is 4.42 Å². The summed E-state index contributed by atoms with van der Waals surface area (Å²) in [4.78, 5) is 12.1. The van der Waals surface area contributed by atoms with Crippen LogP contribution in [-0.2, 0) is 11.3 Å². The first-order valence-corrected chi connectivity index (χ1v) is 8.32. The summed E-state index contributed by atoms with van der Waals surface area (Å²) in [5.74, 6) is 1.39. The van der Waals surface area contributed by atoms with Crippen LogP contribution >= 0.6 is 11.8 Å². The number of allylic oxidation sites excluding steroid dienone is 1. The average Bonchev–Trinajstić information content (AvgIpc) is 3.24. The van der Waals surface area contributed by atoms with E-state index >= 15 is 0 Å². The predicted octanol–water partition coefficient (Wildman–Crippen LogP) is 3.45. The third-order valence-corrected chi connectivity index (χ3v) is 4.13. The van der Waals surface area contributed by atoms with Crippen LogP contribution in [0.3, 0.4) is 0 Å². The molecule has 0 spiro atoms. The van der Waals surface area contributed by atoms with Crippen LogP contribution in [0.15, 0.2) is 71.0 Å². The fourth-order valence-corrected chi connectivity index (χ4v) is 2.87. The number of amides is 1. The molecule has 0 unspecified atom stereocenters. The highest BCUT2D eigenvalue weighted by atomic mass is 32.2. The van der Waals surface area contributed by atoms with Gasteiger partial charge in [-0.3, -0.25) is 9.36 Å². The quantitative estimate of drug-likeness (QED) is 0.527. The standard InChI is InChI=1S/C17H16N4O2S/c1-2-10-21-16(14-9-6-11-23-14)19-20-17(21)24-12-15(22)18-13-7-4-3-5-8-13/h2-9,11H,1,10,12H2,(H,18,22). The Morgan fingerprint density at radius 1 is 1.25 bits per heavy atom. The molecule has 0 saturated heterocycles. The van der Waals surface area contributed by atoms with E-state index in [0.29, 0.717) is 23.3 Å². The maximum absolute atomic E-state index is 12.1. The first kappa shape index (κ1) is 16.1. The zero-order valence-corrected chi connectivity index (χ0v) is 13.7. The number of anilines is 1. The molecule has 2 aromatic heterocycles. The Bertz CT molecular complexity index is 813. The van der Waals surface area contributed by atoms with Crippen LogP contribution < -0.4 is 5.32 Å². The zero-order valence-electron chi connectivity index (χ0n) is 12.9. The van der Waals surface area contributed by atoms with Crippen molar-refractivity contribution in [2.75, 3.05) is 11.1 Å². The van der Waals surface area contributed by atoms with Crippen LogP contribution in [0, 0.1) is 0 Å². The van der Waals surface area contributed by atoms with Gasteiger partial charge < -0.3 is 9.73 Å². The minimum absolute atomic E-state index is 0.0982. The van der Waals surface area contributed by atoms with E-state index in [0.717, 1.165) is 5.69 Å². The van der Waals surface area contributed by atoms with E-state index in [2.05, 4.69) is 22.1 Å². The zero-order chi connectivity index (χ0) is 16.8. The van der Waals surface area contributed by atoms with Crippen molar-refractivity contribution in [3.8, 4) is 11.6 Å². The number of rotatable bonds is 7. The van der Waals surface area contributed by atoms with Gasteiger partial charge in [-0.25, -0.2) is 0 Å². The van der Waals surface area contributed by atoms with Crippen molar-refractivity contribution in [3.05, 3.63) is 61.4 Å². The minimum Gasteiger partial charge on any atom is -0.461 e. The lowest BCUT2D eigenvalue weighted by Gasteiger charge is -2.07. The molecule has 0 saturated carbocycles. The Morgan fingerprint density at radius 3 is 2.79 bits per heavy atom. The fourth-order valence-electron chi connectivity index (χ4n) is 2.13. The highest BCUT2D eigenvalue weighted by molar-refractivity contribution is 7.99. The van der Waals surface area contributed by atoms with Crippen LogP contribution in [-0.4, -0.2) is 26.4 Å². The van der Waals surface area contributed by atoms with Crippen LogP contribution in [0.25, 0.3) is 11.6 Å². The lowest BCUT2D eigenvalue weighted by Crippen LogP contribution is -2.14. The van der Waals surface area contributed by atoms with Crippen LogP contribution in [0.1, 0.15) is 0 Å². The molecule has 1 N–H and O–H groups in total. The SMILES string of the molecule is C=CCn1c(SCC(=O)Nc2ccccc2)nnc1-c1ccco1. The number of furan rings is 1. The Labute approximate surface area is 143 Å². The second kappa shape index (κ2) is 7.65. The summed E-state index contributed by atoms with van der Waals surface area (Å²) in [7, 11) is 0. The minimum atomic E-state index is -0.0982. The molecule has 24 heavy (non-hydrogen) atoms. The van der Waals surface area contributed by atoms with Crippen molar-refractivity contribution < 1.29 is 9.21 Å². The monoisotopic (exact) mass is 340 g/mol. The second-order valence-corrected chi connectivity index (χ2v) is 5.83. The number of carbonyl (C=O) groups excluding carboxylic acids is 1. The van der Waals surface area contributed by atoms with E-state index in [1.54, 1.807) is 18.4 Å². The summed E-state index contributed by atoms with van der Waals surface area (Å²) in [5, 5.41) is 11.8. The van der Waals surface area contributed by atoms with E-state index in [9.17, 15) is 4.79 Å². The number of hydrogen-bond donors (Lipinski definition) is 1. The molecule has 0 radical (unpaired) electrons. The van der Waals surface area contributed by atoms with E-state index in [-0.39, 0.29) is 11.7 Å². The highest BCUT2D eigenvalue weighted by Crippen LogP contribution is 2.24. The normalized spacial score (nSPS) is 10.5. The molecule has 3 aromatic rings. The Morgan fingerprint density at radius 2 is 2.08 bits per heavy atom. The maximum atomic E-state index is 12.1. The van der Waals surface area contributed by atoms with Gasteiger partial charge in [-0.15, -0.1) is 16.8 Å². The summed E-state index contributed by atoms with van der Waals surface area (Å²) in [6, 6.07) is 13.0. The van der Waals surface area contributed by atoms with Crippen LogP contribution in [0.5, 0.6) is 0 Å². The third kappa shape index (κ3) is 3.75. The van der Waals surface area contributed by atoms with E-state index < -0.39 is 0 Å². The van der Waals surface area contributed by atoms with Gasteiger partial charge in [0.1, 0.15) is 0 Å². The largest absolute Gasteiger partial charge is 0.461 e. The number of nitrogens with zero attached hydrogens (tertiary/aromatic N) is 3. The molecule has 0 atom stereocenters. The first-order chi connectivity index (χ1) is 11.8. The number of para-hydroxylation sites is 1. The Balaban J connectivity index is 1.69. The van der Waals surface area contributed by atoms with Gasteiger partial charge in [0, 0.05) is 12.2 Å². The Kier molecular flexibility index (Phi) is 5.12. The molecule has 0 aliphatic heterocycles. The Hall–Kier alpha value is -2.80. The van der Waals surface area contributed by atoms with Gasteiger partial charge in [-0.2, -0.15) is 0 Å². The lowest BCUT2D eigenvalue weighted by atomic mass is 10.3. The molecule has 3 rings (SSSR count). The highest BCUT2D eigenvalue weighted by Gasteiger charge is 2.16. The molecule has 2 heterocycles.